The maximum atomic E-state index is 13.4. The number of ether oxygens (including phenoxy) is 3. The second kappa shape index (κ2) is 10.7. The van der Waals surface area contributed by atoms with E-state index in [9.17, 15) is 27.9 Å². The van der Waals surface area contributed by atoms with E-state index >= 15 is 0 Å². The molecule has 1 atom stereocenters. The number of Topliss-reactive ketones (excluding diaryl/α,β-unsaturated/α-hetero) is 1. The minimum absolute atomic E-state index is 0.0395. The summed E-state index contributed by atoms with van der Waals surface area (Å²) in [5, 5.41) is 11.4. The molecule has 3 aromatic rings. The normalized spacial score (nSPS) is 17.0. The molecule has 1 saturated heterocycles. The van der Waals surface area contributed by atoms with Crippen LogP contribution in [0.5, 0.6) is 17.2 Å². The molecule has 1 aliphatic rings. The van der Waals surface area contributed by atoms with Gasteiger partial charge in [0.1, 0.15) is 23.0 Å². The van der Waals surface area contributed by atoms with Crippen molar-refractivity contribution < 1.29 is 42.1 Å². The summed E-state index contributed by atoms with van der Waals surface area (Å²) in [6.45, 7) is 2.09. The number of halogens is 4. The zero-order chi connectivity index (χ0) is 27.6. The number of hydrogen-bond acceptors (Lipinski definition) is 6. The highest BCUT2D eigenvalue weighted by molar-refractivity contribution is 6.52. The monoisotopic (exact) mass is 547 g/mol. The minimum atomic E-state index is -4.97. The number of carbonyl (C=O) groups excluding carboxylic acids is 2. The van der Waals surface area contributed by atoms with Crippen LogP contribution < -0.4 is 19.1 Å². The quantitative estimate of drug-likeness (QED) is 0.213. The van der Waals surface area contributed by atoms with Crippen molar-refractivity contribution in [2.24, 2.45) is 0 Å². The molecule has 0 bridgehead atoms. The molecule has 4 rings (SSSR count). The number of nitrogens with zero attached hydrogens (tertiary/aromatic N) is 1. The lowest BCUT2D eigenvalue weighted by Crippen LogP contribution is -2.29. The molecule has 1 N–H and O–H groups in total. The molecule has 1 heterocycles. The van der Waals surface area contributed by atoms with E-state index in [1.807, 2.05) is 0 Å². The first-order chi connectivity index (χ1) is 18.0. The van der Waals surface area contributed by atoms with Crippen molar-refractivity contribution in [1.29, 1.82) is 0 Å². The molecule has 1 aliphatic heterocycles. The Kier molecular flexibility index (Phi) is 7.54. The maximum absolute atomic E-state index is 13.4. The molecule has 198 valence electrons. The number of hydrogen-bond donors (Lipinski definition) is 1. The van der Waals surface area contributed by atoms with Crippen molar-refractivity contribution in [2.75, 3.05) is 18.6 Å². The van der Waals surface area contributed by atoms with Crippen LogP contribution in [0.25, 0.3) is 5.76 Å². The van der Waals surface area contributed by atoms with E-state index in [2.05, 4.69) is 4.74 Å². The molecule has 1 amide bonds. The Morgan fingerprint density at radius 3 is 2.39 bits per heavy atom. The Hall–Kier alpha value is -4.18. The van der Waals surface area contributed by atoms with E-state index in [0.717, 1.165) is 17.0 Å². The minimum Gasteiger partial charge on any atom is -0.507 e. The van der Waals surface area contributed by atoms with Crippen LogP contribution >= 0.6 is 11.6 Å². The molecule has 0 aliphatic carbocycles. The number of aliphatic hydroxyl groups is 1. The van der Waals surface area contributed by atoms with Crippen molar-refractivity contribution in [3.8, 4) is 17.2 Å². The first kappa shape index (κ1) is 26.9. The smallest absolute Gasteiger partial charge is 0.507 e. The molecule has 0 spiro atoms. The summed E-state index contributed by atoms with van der Waals surface area (Å²) in [4.78, 5) is 27.7. The molecule has 1 unspecified atom stereocenters. The summed E-state index contributed by atoms with van der Waals surface area (Å²) in [5.41, 5.74) is 0.0119. The molecule has 11 heteroatoms. The standard InChI is InChI=1S/C27H21ClF3NO6/c1-3-37-18-10-11-21(28)20(14-18)24(33)22-23(15-6-4-8-17(12-15)36-2)32(26(35)25(22)34)16-7-5-9-19(13-16)38-27(29,30)31/h4-14,23,33H,3H2,1-2H3/b24-22+. The molecular formula is C27H21ClF3NO6. The molecule has 1 fully saturated rings. The predicted octanol–water partition coefficient (Wildman–Crippen LogP) is 6.27. The number of rotatable bonds is 7. The number of benzene rings is 3. The molecule has 0 radical (unpaired) electrons. The maximum Gasteiger partial charge on any atom is 0.573 e. The van der Waals surface area contributed by atoms with E-state index < -0.39 is 35.6 Å². The van der Waals surface area contributed by atoms with Gasteiger partial charge in [-0.05, 0) is 55.0 Å². The lowest BCUT2D eigenvalue weighted by molar-refractivity contribution is -0.274. The van der Waals surface area contributed by atoms with Crippen LogP contribution in [-0.4, -0.2) is 36.9 Å². The summed E-state index contributed by atoms with van der Waals surface area (Å²) in [6.07, 6.45) is -4.97. The van der Waals surface area contributed by atoms with Crippen LogP contribution in [0.2, 0.25) is 5.02 Å². The van der Waals surface area contributed by atoms with E-state index in [1.54, 1.807) is 37.3 Å². The van der Waals surface area contributed by atoms with Gasteiger partial charge in [0.15, 0.2) is 0 Å². The van der Waals surface area contributed by atoms with Gasteiger partial charge in [0.25, 0.3) is 11.7 Å². The van der Waals surface area contributed by atoms with Crippen LogP contribution in [0, 0.1) is 0 Å². The highest BCUT2D eigenvalue weighted by atomic mass is 35.5. The molecule has 7 nitrogen and oxygen atoms in total. The van der Waals surface area contributed by atoms with Gasteiger partial charge >= 0.3 is 6.36 Å². The number of methoxy groups -OCH3 is 1. The third kappa shape index (κ3) is 5.40. The SMILES string of the molecule is CCOc1ccc(Cl)c(/C(O)=C2\C(=O)C(=O)N(c3cccc(OC(F)(F)F)c3)C2c2cccc(OC)c2)c1. The van der Waals surface area contributed by atoms with Gasteiger partial charge in [-0.1, -0.05) is 29.8 Å². The third-order valence-electron chi connectivity index (χ3n) is 5.69. The topological polar surface area (TPSA) is 85.3 Å². The Balaban J connectivity index is 1.94. The van der Waals surface area contributed by atoms with Crippen molar-refractivity contribution in [2.45, 2.75) is 19.3 Å². The molecule has 3 aromatic carbocycles. The lowest BCUT2D eigenvalue weighted by atomic mass is 9.95. The lowest BCUT2D eigenvalue weighted by Gasteiger charge is -2.26. The van der Waals surface area contributed by atoms with Crippen LogP contribution in [0.1, 0.15) is 24.1 Å². The zero-order valence-corrected chi connectivity index (χ0v) is 20.8. The van der Waals surface area contributed by atoms with Crippen molar-refractivity contribution >= 4 is 34.7 Å². The van der Waals surface area contributed by atoms with Gasteiger partial charge in [-0.3, -0.25) is 14.5 Å². The summed E-state index contributed by atoms with van der Waals surface area (Å²) in [5.74, 6) is -2.54. The van der Waals surface area contributed by atoms with Gasteiger partial charge in [-0.15, -0.1) is 13.2 Å². The number of alkyl halides is 3. The van der Waals surface area contributed by atoms with E-state index in [0.29, 0.717) is 23.7 Å². The van der Waals surface area contributed by atoms with Crippen molar-refractivity contribution in [3.05, 3.63) is 88.5 Å². The highest BCUT2D eigenvalue weighted by Crippen LogP contribution is 2.44. The fourth-order valence-electron chi connectivity index (χ4n) is 4.14. The van der Waals surface area contributed by atoms with Crippen LogP contribution in [0.15, 0.2) is 72.3 Å². The number of carbonyl (C=O) groups is 2. The number of aliphatic hydroxyl groups excluding tert-OH is 1. The fraction of sp³-hybridized carbons (Fsp3) is 0.185. The predicted molar refractivity (Wildman–Crippen MR) is 134 cm³/mol. The average Bonchev–Trinajstić information content (AvgIpc) is 3.14. The third-order valence-corrected chi connectivity index (χ3v) is 6.02. The average molecular weight is 548 g/mol. The van der Waals surface area contributed by atoms with Crippen molar-refractivity contribution in [1.82, 2.24) is 0 Å². The van der Waals surface area contributed by atoms with Gasteiger partial charge in [-0.25, -0.2) is 0 Å². The molecule has 38 heavy (non-hydrogen) atoms. The van der Waals surface area contributed by atoms with E-state index in [-0.39, 0.29) is 21.8 Å². The Morgan fingerprint density at radius 2 is 1.71 bits per heavy atom. The van der Waals surface area contributed by atoms with E-state index in [4.69, 9.17) is 21.1 Å². The second-order valence-electron chi connectivity index (χ2n) is 8.07. The molecule has 0 aromatic heterocycles. The largest absolute Gasteiger partial charge is 0.573 e. The van der Waals surface area contributed by atoms with Crippen LogP contribution in [0.4, 0.5) is 18.9 Å². The zero-order valence-electron chi connectivity index (χ0n) is 20.1. The first-order valence-corrected chi connectivity index (χ1v) is 11.6. The molecule has 0 saturated carbocycles. The molecular weight excluding hydrogens is 527 g/mol. The number of amides is 1. The Bertz CT molecular complexity index is 1420. The Labute approximate surface area is 220 Å². The van der Waals surface area contributed by atoms with Crippen LogP contribution in [0.3, 0.4) is 0 Å². The van der Waals surface area contributed by atoms with E-state index in [1.165, 1.54) is 31.4 Å². The van der Waals surface area contributed by atoms with Gasteiger partial charge in [0, 0.05) is 17.3 Å². The van der Waals surface area contributed by atoms with Gasteiger partial charge in [-0.2, -0.15) is 0 Å². The first-order valence-electron chi connectivity index (χ1n) is 11.3. The van der Waals surface area contributed by atoms with Gasteiger partial charge in [0.05, 0.1) is 30.4 Å². The second-order valence-corrected chi connectivity index (χ2v) is 8.47. The van der Waals surface area contributed by atoms with Crippen LogP contribution in [-0.2, 0) is 9.59 Å². The summed E-state index contributed by atoms with van der Waals surface area (Å²) in [7, 11) is 1.42. The summed E-state index contributed by atoms with van der Waals surface area (Å²) >= 11 is 6.33. The summed E-state index contributed by atoms with van der Waals surface area (Å²) in [6, 6.07) is 14.3. The van der Waals surface area contributed by atoms with Crippen molar-refractivity contribution in [3.63, 3.8) is 0 Å². The fourth-order valence-corrected chi connectivity index (χ4v) is 4.35. The number of anilines is 1. The highest BCUT2D eigenvalue weighted by Gasteiger charge is 2.47. The van der Waals surface area contributed by atoms with Gasteiger partial charge < -0.3 is 19.3 Å². The van der Waals surface area contributed by atoms with Gasteiger partial charge in [0.2, 0.25) is 0 Å². The Morgan fingerprint density at radius 1 is 1.00 bits per heavy atom. The summed E-state index contributed by atoms with van der Waals surface area (Å²) < 4.78 is 53.3. The number of ketones is 1.